The number of H-pyrrole nitrogens is 1. The molecule has 3 aliphatic heterocycles. The SMILES string of the molecule is CC(O)CC(=O)N1CCCC12CCCN(C1=c3cc[nH]c3=NCC=N1)C2. The highest BCUT2D eigenvalue weighted by molar-refractivity contribution is 5.78. The number of rotatable bonds is 3. The van der Waals surface area contributed by atoms with Crippen LogP contribution in [0.1, 0.15) is 39.0 Å². The lowest BCUT2D eigenvalue weighted by atomic mass is 9.86. The van der Waals surface area contributed by atoms with Crippen LogP contribution in [-0.4, -0.2) is 69.8 Å². The number of aliphatic imine (C=N–C) groups is 1. The normalized spacial score (nSPS) is 26.6. The highest BCUT2D eigenvalue weighted by atomic mass is 16.3. The lowest BCUT2D eigenvalue weighted by Crippen LogP contribution is -2.57. The van der Waals surface area contributed by atoms with Crippen LogP contribution in [0.4, 0.5) is 0 Å². The Hall–Kier alpha value is -2.15. The van der Waals surface area contributed by atoms with Gasteiger partial charge in [0.05, 0.1) is 29.8 Å². The molecule has 26 heavy (non-hydrogen) atoms. The summed E-state index contributed by atoms with van der Waals surface area (Å²) in [6.07, 6.45) is 7.49. The molecule has 4 rings (SSSR count). The monoisotopic (exact) mass is 357 g/mol. The van der Waals surface area contributed by atoms with E-state index in [9.17, 15) is 9.90 Å². The number of aliphatic hydroxyl groups excluding tert-OH is 1. The van der Waals surface area contributed by atoms with Crippen molar-refractivity contribution in [1.82, 2.24) is 14.8 Å². The van der Waals surface area contributed by atoms with Crippen LogP contribution >= 0.6 is 0 Å². The van der Waals surface area contributed by atoms with E-state index in [-0.39, 0.29) is 17.9 Å². The minimum Gasteiger partial charge on any atom is -0.393 e. The summed E-state index contributed by atoms with van der Waals surface area (Å²) in [4.78, 5) is 29.5. The second kappa shape index (κ2) is 6.87. The van der Waals surface area contributed by atoms with E-state index in [1.807, 2.05) is 23.4 Å². The first-order valence-corrected chi connectivity index (χ1v) is 9.57. The molecule has 140 valence electrons. The Balaban J connectivity index is 1.65. The number of carbonyl (C=O) groups excluding carboxylic acids is 1. The van der Waals surface area contributed by atoms with Crippen molar-refractivity contribution in [1.29, 1.82) is 0 Å². The van der Waals surface area contributed by atoms with E-state index in [1.165, 1.54) is 0 Å². The fourth-order valence-corrected chi connectivity index (χ4v) is 4.66. The van der Waals surface area contributed by atoms with Crippen LogP contribution in [0.3, 0.4) is 0 Å². The fraction of sp³-hybridized carbons (Fsp3) is 0.632. The minimum atomic E-state index is -0.593. The molecule has 2 N–H and O–H groups in total. The van der Waals surface area contributed by atoms with Gasteiger partial charge >= 0.3 is 0 Å². The van der Waals surface area contributed by atoms with E-state index in [1.54, 1.807) is 6.92 Å². The minimum absolute atomic E-state index is 0.0750. The lowest BCUT2D eigenvalue weighted by Gasteiger charge is -2.46. The van der Waals surface area contributed by atoms with Crippen molar-refractivity contribution < 1.29 is 9.90 Å². The average Bonchev–Trinajstić information content (AvgIpc) is 3.17. The molecular weight excluding hydrogens is 330 g/mol. The summed E-state index contributed by atoms with van der Waals surface area (Å²) >= 11 is 0. The Morgan fingerprint density at radius 2 is 2.19 bits per heavy atom. The van der Waals surface area contributed by atoms with Crippen LogP contribution in [0.2, 0.25) is 0 Å². The van der Waals surface area contributed by atoms with Gasteiger partial charge < -0.3 is 19.9 Å². The zero-order valence-electron chi connectivity index (χ0n) is 15.3. The van der Waals surface area contributed by atoms with Crippen molar-refractivity contribution >= 4 is 17.9 Å². The van der Waals surface area contributed by atoms with E-state index in [0.717, 1.165) is 61.8 Å². The van der Waals surface area contributed by atoms with Crippen LogP contribution in [0.5, 0.6) is 0 Å². The maximum atomic E-state index is 12.7. The van der Waals surface area contributed by atoms with Gasteiger partial charge in [-0.05, 0) is 38.7 Å². The first-order valence-electron chi connectivity index (χ1n) is 9.57. The summed E-state index contributed by atoms with van der Waals surface area (Å²) in [5.74, 6) is 1.03. The summed E-state index contributed by atoms with van der Waals surface area (Å²) in [5.41, 5.74) is 0.748. The third kappa shape index (κ3) is 3.05. The lowest BCUT2D eigenvalue weighted by molar-refractivity contribution is -0.138. The molecule has 7 nitrogen and oxygen atoms in total. The Morgan fingerprint density at radius 3 is 3.00 bits per heavy atom. The molecule has 0 aromatic carbocycles. The van der Waals surface area contributed by atoms with Crippen molar-refractivity contribution in [3.63, 3.8) is 0 Å². The third-order valence-electron chi connectivity index (χ3n) is 5.73. The van der Waals surface area contributed by atoms with Crippen LogP contribution < -0.4 is 10.7 Å². The van der Waals surface area contributed by atoms with Gasteiger partial charge in [-0.2, -0.15) is 0 Å². The zero-order chi connectivity index (χ0) is 18.1. The van der Waals surface area contributed by atoms with Gasteiger partial charge in [0.25, 0.3) is 0 Å². The summed E-state index contributed by atoms with van der Waals surface area (Å²) < 4.78 is 0. The van der Waals surface area contributed by atoms with Crippen LogP contribution in [-0.2, 0) is 4.79 Å². The predicted octanol–water partition coefficient (Wildman–Crippen LogP) is 0.0123. The molecule has 1 amide bonds. The zero-order valence-corrected chi connectivity index (χ0v) is 15.3. The number of likely N-dealkylation sites (tertiary alicyclic amines) is 2. The quantitative estimate of drug-likeness (QED) is 0.799. The van der Waals surface area contributed by atoms with Crippen molar-refractivity contribution in [2.45, 2.75) is 50.7 Å². The molecule has 0 radical (unpaired) electrons. The molecule has 4 heterocycles. The number of piperidine rings is 1. The Bertz CT molecular complexity index is 827. The summed E-state index contributed by atoms with van der Waals surface area (Å²) in [7, 11) is 0. The molecule has 2 fully saturated rings. The highest BCUT2D eigenvalue weighted by Gasteiger charge is 2.46. The number of fused-ring (bicyclic) bond motifs is 1. The van der Waals surface area contributed by atoms with Crippen molar-refractivity contribution in [2.24, 2.45) is 9.98 Å². The maximum Gasteiger partial charge on any atom is 0.225 e. The molecular formula is C19H27N5O2. The van der Waals surface area contributed by atoms with Gasteiger partial charge in [0.2, 0.25) is 5.91 Å². The van der Waals surface area contributed by atoms with E-state index in [0.29, 0.717) is 6.54 Å². The number of nitrogens with one attached hydrogen (secondary N) is 1. The van der Waals surface area contributed by atoms with Crippen molar-refractivity contribution in [3.05, 3.63) is 23.0 Å². The van der Waals surface area contributed by atoms with Gasteiger partial charge in [-0.3, -0.25) is 9.79 Å². The molecule has 1 spiro atoms. The molecule has 2 atom stereocenters. The smallest absolute Gasteiger partial charge is 0.225 e. The molecule has 1 aromatic rings. The highest BCUT2D eigenvalue weighted by Crippen LogP contribution is 2.38. The first kappa shape index (κ1) is 17.3. The second-order valence-corrected chi connectivity index (χ2v) is 7.67. The number of nitrogens with zero attached hydrogens (tertiary/aromatic N) is 4. The van der Waals surface area contributed by atoms with Crippen LogP contribution in [0.25, 0.3) is 5.82 Å². The van der Waals surface area contributed by atoms with Gasteiger partial charge in [-0.25, -0.2) is 4.99 Å². The Morgan fingerprint density at radius 1 is 1.38 bits per heavy atom. The van der Waals surface area contributed by atoms with E-state index < -0.39 is 6.10 Å². The number of carbonyl (C=O) groups is 1. The number of aliphatic hydroxyl groups is 1. The standard InChI is InChI=1S/C19H27N5O2/c1-14(25)12-16(26)24-11-3-6-19(24)5-2-10-23(13-19)18-15-4-7-20-17(15)21-8-9-22-18/h4,7,9,14,25H,2-3,5-6,8,10-13H2,1H3,(H,20,21). The molecule has 1 aromatic heterocycles. The second-order valence-electron chi connectivity index (χ2n) is 7.67. The van der Waals surface area contributed by atoms with Gasteiger partial charge in [-0.15, -0.1) is 0 Å². The number of hydrogen-bond acceptors (Lipinski definition) is 5. The number of amides is 1. The van der Waals surface area contributed by atoms with Crippen LogP contribution in [0.15, 0.2) is 22.2 Å². The summed E-state index contributed by atoms with van der Waals surface area (Å²) in [6.45, 7) is 4.80. The third-order valence-corrected chi connectivity index (χ3v) is 5.73. The maximum absolute atomic E-state index is 12.7. The Labute approximate surface area is 153 Å². The van der Waals surface area contributed by atoms with E-state index in [2.05, 4.69) is 14.9 Å². The van der Waals surface area contributed by atoms with Crippen LogP contribution in [0, 0.1) is 0 Å². The Kier molecular flexibility index (Phi) is 4.56. The van der Waals surface area contributed by atoms with Gasteiger partial charge in [-0.1, -0.05) is 0 Å². The average molecular weight is 357 g/mol. The summed E-state index contributed by atoms with van der Waals surface area (Å²) in [5, 5.41) is 10.7. The van der Waals surface area contributed by atoms with Gasteiger partial charge in [0.1, 0.15) is 11.3 Å². The molecule has 0 bridgehead atoms. The van der Waals surface area contributed by atoms with Gasteiger partial charge in [0.15, 0.2) is 0 Å². The number of aromatic amines is 1. The molecule has 0 aliphatic carbocycles. The molecule has 7 heteroatoms. The molecule has 0 saturated carbocycles. The largest absolute Gasteiger partial charge is 0.393 e. The van der Waals surface area contributed by atoms with Crippen molar-refractivity contribution in [2.75, 3.05) is 26.2 Å². The molecule has 3 aliphatic rings. The predicted molar refractivity (Wildman–Crippen MR) is 99.1 cm³/mol. The topological polar surface area (TPSA) is 84.3 Å². The van der Waals surface area contributed by atoms with E-state index in [4.69, 9.17) is 4.99 Å². The van der Waals surface area contributed by atoms with E-state index >= 15 is 0 Å². The molecule has 2 saturated heterocycles. The molecule has 2 unspecified atom stereocenters. The fourth-order valence-electron chi connectivity index (χ4n) is 4.66. The van der Waals surface area contributed by atoms with Gasteiger partial charge in [0, 0.05) is 32.0 Å². The number of aromatic nitrogens is 1. The summed E-state index contributed by atoms with van der Waals surface area (Å²) in [6, 6.07) is 2.03. The first-order chi connectivity index (χ1) is 12.6. The van der Waals surface area contributed by atoms with Crippen molar-refractivity contribution in [3.8, 4) is 0 Å². The number of hydrogen-bond donors (Lipinski definition) is 2.